The second-order valence-electron chi connectivity index (χ2n) is 0. The molecule has 4 heteroatoms. The second kappa shape index (κ2) is 15.7. The molecule has 0 unspecified atom stereocenters. The fraction of sp³-hybridized carbons (Fsp3) is 0. The van der Waals surface area contributed by atoms with Crippen molar-refractivity contribution in [1.82, 2.24) is 0 Å². The molecular weight excluding hydrogens is 309 g/mol. The quantitative estimate of drug-likeness (QED) is 0.390. The van der Waals surface area contributed by atoms with E-state index in [-0.39, 0.29) is 136 Å². The molecule has 0 aromatic carbocycles. The molecular formula is ClK2Pt+3. The smallest absolute Gasteiger partial charge is 1.00 e. The first-order valence-corrected chi connectivity index (χ1v) is 0. The predicted molar refractivity (Wildman–Crippen MR) is 0 cm³/mol. The Hall–Kier alpha value is 4.25. The fourth-order valence-electron chi connectivity index (χ4n) is 0. The molecule has 0 aliphatic heterocycles. The van der Waals surface area contributed by atoms with Crippen LogP contribution in [0.25, 0.3) is 0 Å². The molecule has 0 atom stereocenters. The summed E-state index contributed by atoms with van der Waals surface area (Å²) < 4.78 is 0. The van der Waals surface area contributed by atoms with Crippen molar-refractivity contribution >= 4 is 0 Å². The van der Waals surface area contributed by atoms with E-state index in [1.807, 2.05) is 0 Å². The summed E-state index contributed by atoms with van der Waals surface area (Å²) in [5, 5.41) is 0. The summed E-state index contributed by atoms with van der Waals surface area (Å²) in [5.41, 5.74) is 0. The van der Waals surface area contributed by atoms with Gasteiger partial charge in [-0.25, -0.2) is 0 Å². The fourth-order valence-corrected chi connectivity index (χ4v) is 0. The maximum absolute atomic E-state index is 0. The molecule has 0 saturated carbocycles. The van der Waals surface area contributed by atoms with Crippen LogP contribution in [0.15, 0.2) is 0 Å². The summed E-state index contributed by atoms with van der Waals surface area (Å²) in [6.07, 6.45) is 0. The van der Waals surface area contributed by atoms with E-state index in [1.54, 1.807) is 0 Å². The zero-order chi connectivity index (χ0) is 0. The van der Waals surface area contributed by atoms with Gasteiger partial charge in [0, 0.05) is 0 Å². The Bertz CT molecular complexity index is 6.00. The van der Waals surface area contributed by atoms with Gasteiger partial charge in [-0.2, -0.15) is 0 Å². The van der Waals surface area contributed by atoms with E-state index in [0.717, 1.165) is 0 Å². The maximum Gasteiger partial charge on any atom is 2.00 e. The Labute approximate surface area is 132 Å². The molecule has 0 amide bonds. The molecule has 4 heavy (non-hydrogen) atoms. The van der Waals surface area contributed by atoms with Crippen LogP contribution in [0.3, 0.4) is 0 Å². The van der Waals surface area contributed by atoms with Crippen LogP contribution in [0.1, 0.15) is 0 Å². The Morgan fingerprint density at radius 3 is 0.750 bits per heavy atom. The van der Waals surface area contributed by atoms with E-state index < -0.39 is 0 Å². The van der Waals surface area contributed by atoms with Crippen molar-refractivity contribution in [2.75, 3.05) is 0 Å². The van der Waals surface area contributed by atoms with E-state index in [9.17, 15) is 0 Å². The van der Waals surface area contributed by atoms with E-state index >= 15 is 0 Å². The minimum atomic E-state index is 0. The van der Waals surface area contributed by atoms with Crippen molar-refractivity contribution in [2.45, 2.75) is 0 Å². The summed E-state index contributed by atoms with van der Waals surface area (Å²) in [4.78, 5) is 0. The van der Waals surface area contributed by atoms with Crippen molar-refractivity contribution in [3.8, 4) is 0 Å². The molecule has 0 nitrogen and oxygen atoms in total. The third-order valence-corrected chi connectivity index (χ3v) is 0. The van der Waals surface area contributed by atoms with E-state index in [0.29, 0.717) is 0 Å². The Kier molecular flexibility index (Phi) is 94.1. The van der Waals surface area contributed by atoms with E-state index in [4.69, 9.17) is 0 Å². The molecule has 0 aromatic rings. The van der Waals surface area contributed by atoms with Gasteiger partial charge >= 0.3 is 124 Å². The van der Waals surface area contributed by atoms with Crippen molar-refractivity contribution < 1.29 is 136 Å². The molecule has 0 heterocycles. The summed E-state index contributed by atoms with van der Waals surface area (Å²) in [5.74, 6) is 0. The number of rotatable bonds is 0. The predicted octanol–water partition coefficient (Wildman–Crippen LogP) is -8.99. The van der Waals surface area contributed by atoms with Gasteiger partial charge in [0.2, 0.25) is 0 Å². The summed E-state index contributed by atoms with van der Waals surface area (Å²) in [6.45, 7) is 0. The van der Waals surface area contributed by atoms with Gasteiger partial charge in [-0.1, -0.05) is 0 Å². The first kappa shape index (κ1) is 24.0. The number of halogens is 1. The standard InChI is InChI=1S/ClH.2K.Pt/h1H;;;/q;2*+1;+2/p-1. The molecule has 0 fully saturated rings. The van der Waals surface area contributed by atoms with Gasteiger partial charge in [0.25, 0.3) is 0 Å². The summed E-state index contributed by atoms with van der Waals surface area (Å²) >= 11 is 0. The van der Waals surface area contributed by atoms with Gasteiger partial charge in [0.05, 0.1) is 0 Å². The van der Waals surface area contributed by atoms with Crippen molar-refractivity contribution in [3.05, 3.63) is 0 Å². The summed E-state index contributed by atoms with van der Waals surface area (Å²) in [6, 6.07) is 0. The first-order valence-electron chi connectivity index (χ1n) is 0. The molecule has 0 aromatic heterocycles. The molecule has 0 N–H and O–H groups in total. The van der Waals surface area contributed by atoms with Crippen LogP contribution >= 0.6 is 0 Å². The first-order chi connectivity index (χ1) is 0. The van der Waals surface area contributed by atoms with Crippen LogP contribution in [-0.4, -0.2) is 0 Å². The van der Waals surface area contributed by atoms with Crippen LogP contribution in [-0.2, 0) is 21.1 Å². The van der Waals surface area contributed by atoms with Crippen LogP contribution < -0.4 is 115 Å². The van der Waals surface area contributed by atoms with Crippen LogP contribution in [0.2, 0.25) is 0 Å². The minimum Gasteiger partial charge on any atom is -1.00 e. The van der Waals surface area contributed by atoms with Crippen LogP contribution in [0.5, 0.6) is 0 Å². The Balaban J connectivity index is 0. The molecule has 0 bridgehead atoms. The van der Waals surface area contributed by atoms with Gasteiger partial charge in [-0.15, -0.1) is 0 Å². The van der Waals surface area contributed by atoms with Crippen LogP contribution in [0, 0.1) is 0 Å². The normalized spacial score (nSPS) is 0. The second-order valence-corrected chi connectivity index (χ2v) is 0. The third-order valence-electron chi connectivity index (χ3n) is 0. The van der Waals surface area contributed by atoms with Gasteiger partial charge in [-0.05, 0) is 0 Å². The van der Waals surface area contributed by atoms with Gasteiger partial charge in [0.15, 0.2) is 0 Å². The Morgan fingerprint density at radius 1 is 0.750 bits per heavy atom. The zero-order valence-corrected chi connectivity index (χ0v) is 12.0. The average Bonchev–Trinajstić information content (AvgIpc) is 0. The van der Waals surface area contributed by atoms with Gasteiger partial charge in [0.1, 0.15) is 0 Å². The van der Waals surface area contributed by atoms with Gasteiger partial charge in [-0.3, -0.25) is 0 Å². The molecule has 0 radical (unpaired) electrons. The number of hydrogen-bond acceptors (Lipinski definition) is 0. The Morgan fingerprint density at radius 2 is 0.750 bits per heavy atom. The molecule has 0 aliphatic carbocycles. The molecule has 0 rings (SSSR count). The minimum absolute atomic E-state index is 0. The topological polar surface area (TPSA) is 0 Å². The van der Waals surface area contributed by atoms with Crippen LogP contribution in [0.4, 0.5) is 0 Å². The molecule has 0 aliphatic rings. The summed E-state index contributed by atoms with van der Waals surface area (Å²) in [7, 11) is 0. The van der Waals surface area contributed by atoms with Crippen molar-refractivity contribution in [3.63, 3.8) is 0 Å². The van der Waals surface area contributed by atoms with Crippen molar-refractivity contribution in [1.29, 1.82) is 0 Å². The van der Waals surface area contributed by atoms with Crippen molar-refractivity contribution in [2.24, 2.45) is 0 Å². The molecule has 0 saturated heterocycles. The molecule has 0 spiro atoms. The SMILES string of the molecule is [Cl-].[K+].[K+].[Pt+2]. The van der Waals surface area contributed by atoms with Gasteiger partial charge < -0.3 is 12.4 Å². The third kappa shape index (κ3) is 9.54. The maximum atomic E-state index is 0. The number of hydrogen-bond donors (Lipinski definition) is 0. The monoisotopic (exact) mass is 308 g/mol. The van der Waals surface area contributed by atoms with E-state index in [1.165, 1.54) is 0 Å². The van der Waals surface area contributed by atoms with E-state index in [2.05, 4.69) is 0 Å². The zero-order valence-electron chi connectivity index (χ0n) is 2.69. The largest absolute Gasteiger partial charge is 2.00 e. The average molecular weight is 309 g/mol. The molecule has 16 valence electrons.